The van der Waals surface area contributed by atoms with Crippen LogP contribution >= 0.6 is 7.55 Å². The normalized spacial score (nSPS) is 9.33. The van der Waals surface area contributed by atoms with E-state index in [1.807, 2.05) is 60.7 Å². The SMILES string of the molecule is O=C=[P+](c1ccccc1)c1ccccc1. The van der Waals surface area contributed by atoms with Crippen molar-refractivity contribution in [2.45, 2.75) is 0 Å². The molecule has 0 aliphatic carbocycles. The van der Waals surface area contributed by atoms with E-state index in [0.717, 1.165) is 10.6 Å². The molecule has 0 aliphatic heterocycles. The summed E-state index contributed by atoms with van der Waals surface area (Å²) in [7, 11) is -0.954. The molecule has 0 aromatic heterocycles. The van der Waals surface area contributed by atoms with Gasteiger partial charge in [0.2, 0.25) is 0 Å². The smallest absolute Gasteiger partial charge is 0.183 e. The van der Waals surface area contributed by atoms with E-state index < -0.39 is 7.55 Å². The molecule has 0 heterocycles. The van der Waals surface area contributed by atoms with E-state index in [2.05, 4.69) is 5.66 Å². The molecular formula is C13H10OP+. The van der Waals surface area contributed by atoms with Gasteiger partial charge in [-0.25, -0.2) is 0 Å². The molecule has 0 atom stereocenters. The molecule has 72 valence electrons. The standard InChI is InChI=1S/C13H10OP/c14-11-15(12-7-3-1-4-8-12)13-9-5-2-6-10-13/h1-10H/q+1. The van der Waals surface area contributed by atoms with Crippen LogP contribution < -0.4 is 10.6 Å². The lowest BCUT2D eigenvalue weighted by Crippen LogP contribution is -2.06. The van der Waals surface area contributed by atoms with E-state index in [0.29, 0.717) is 0 Å². The third-order valence-corrected chi connectivity index (χ3v) is 3.93. The Morgan fingerprint density at radius 3 is 1.47 bits per heavy atom. The van der Waals surface area contributed by atoms with E-state index in [1.54, 1.807) is 0 Å². The van der Waals surface area contributed by atoms with Crippen LogP contribution in [0.2, 0.25) is 0 Å². The second-order valence-electron chi connectivity index (χ2n) is 3.10. The molecule has 0 N–H and O–H groups in total. The summed E-state index contributed by atoms with van der Waals surface area (Å²) in [5, 5.41) is 2.10. The summed E-state index contributed by atoms with van der Waals surface area (Å²) in [5.41, 5.74) is 2.15. The summed E-state index contributed by atoms with van der Waals surface area (Å²) in [5.74, 6) is 0. The Kier molecular flexibility index (Phi) is 3.09. The molecule has 0 saturated heterocycles. The van der Waals surface area contributed by atoms with Crippen LogP contribution in [-0.4, -0.2) is 5.66 Å². The van der Waals surface area contributed by atoms with Crippen LogP contribution in [0.5, 0.6) is 0 Å². The molecule has 2 aromatic rings. The highest BCUT2D eigenvalue weighted by molar-refractivity contribution is 7.71. The molecule has 1 nitrogen and oxygen atoms in total. The molecule has 2 rings (SSSR count). The van der Waals surface area contributed by atoms with Gasteiger partial charge in [0.1, 0.15) is 0 Å². The molecule has 0 aliphatic rings. The summed E-state index contributed by atoms with van der Waals surface area (Å²) in [6.07, 6.45) is 0. The minimum absolute atomic E-state index is 0.954. The molecule has 0 fully saturated rings. The van der Waals surface area contributed by atoms with Gasteiger partial charge in [0, 0.05) is 0 Å². The summed E-state index contributed by atoms with van der Waals surface area (Å²) < 4.78 is 0. The van der Waals surface area contributed by atoms with Crippen molar-refractivity contribution >= 4 is 23.8 Å². The molecule has 0 radical (unpaired) electrons. The maximum atomic E-state index is 11.0. The van der Waals surface area contributed by atoms with E-state index in [-0.39, 0.29) is 0 Å². The first-order valence-corrected chi connectivity index (χ1v) is 6.04. The van der Waals surface area contributed by atoms with E-state index in [1.165, 1.54) is 0 Å². The van der Waals surface area contributed by atoms with Crippen molar-refractivity contribution in [3.63, 3.8) is 0 Å². The first-order chi connectivity index (χ1) is 7.42. The van der Waals surface area contributed by atoms with Gasteiger partial charge in [-0.05, 0) is 24.3 Å². The van der Waals surface area contributed by atoms with Crippen LogP contribution in [0, 0.1) is 0 Å². The maximum Gasteiger partial charge on any atom is 0.343 e. The van der Waals surface area contributed by atoms with Gasteiger partial charge in [-0.3, -0.25) is 0 Å². The number of benzene rings is 2. The van der Waals surface area contributed by atoms with Gasteiger partial charge in [-0.15, -0.1) is 0 Å². The first kappa shape index (κ1) is 9.86. The van der Waals surface area contributed by atoms with Gasteiger partial charge in [0.05, 0.1) is 0 Å². The Balaban J connectivity index is 2.48. The van der Waals surface area contributed by atoms with Gasteiger partial charge in [-0.1, -0.05) is 36.4 Å². The van der Waals surface area contributed by atoms with Crippen LogP contribution in [0.15, 0.2) is 60.7 Å². The second kappa shape index (κ2) is 4.70. The summed E-state index contributed by atoms with van der Waals surface area (Å²) >= 11 is 0. The van der Waals surface area contributed by atoms with Crippen molar-refractivity contribution in [1.29, 1.82) is 0 Å². The number of rotatable bonds is 2. The Labute approximate surface area is 89.8 Å². The van der Waals surface area contributed by atoms with Crippen molar-refractivity contribution < 1.29 is 4.79 Å². The molecule has 15 heavy (non-hydrogen) atoms. The number of hydrogen-bond donors (Lipinski definition) is 0. The highest BCUT2D eigenvalue weighted by Gasteiger charge is 2.18. The zero-order chi connectivity index (χ0) is 10.5. The largest absolute Gasteiger partial charge is 0.343 e. The van der Waals surface area contributed by atoms with Crippen LogP contribution in [0.1, 0.15) is 0 Å². The number of carbonyl (C=O) groups excluding carboxylic acids is 1. The summed E-state index contributed by atoms with van der Waals surface area (Å²) in [6.45, 7) is 0. The molecule has 0 spiro atoms. The number of hydrogen-bond acceptors (Lipinski definition) is 1. The third kappa shape index (κ3) is 2.22. The molecule has 0 bridgehead atoms. The molecule has 0 amide bonds. The Morgan fingerprint density at radius 1 is 0.733 bits per heavy atom. The predicted molar refractivity (Wildman–Crippen MR) is 64.8 cm³/mol. The molecule has 0 unspecified atom stereocenters. The van der Waals surface area contributed by atoms with Gasteiger partial charge >= 0.3 is 5.66 Å². The fourth-order valence-corrected chi connectivity index (χ4v) is 2.86. The first-order valence-electron chi connectivity index (χ1n) is 4.70. The van der Waals surface area contributed by atoms with Crippen LogP contribution in [0.4, 0.5) is 0 Å². The Morgan fingerprint density at radius 2 is 1.13 bits per heavy atom. The lowest BCUT2D eigenvalue weighted by atomic mass is 10.4. The topological polar surface area (TPSA) is 17.1 Å². The van der Waals surface area contributed by atoms with E-state index in [4.69, 9.17) is 0 Å². The average molecular weight is 213 g/mol. The molecule has 2 aromatic carbocycles. The Hall–Kier alpha value is -1.68. The van der Waals surface area contributed by atoms with Gasteiger partial charge in [0.15, 0.2) is 10.6 Å². The third-order valence-electron chi connectivity index (χ3n) is 2.12. The van der Waals surface area contributed by atoms with Gasteiger partial charge in [0.25, 0.3) is 7.55 Å². The lowest BCUT2D eigenvalue weighted by Gasteiger charge is -1.90. The predicted octanol–water partition coefficient (Wildman–Crippen LogP) is 2.19. The maximum absolute atomic E-state index is 11.0. The fraction of sp³-hybridized carbons (Fsp3) is 0. The minimum Gasteiger partial charge on any atom is -0.183 e. The van der Waals surface area contributed by atoms with E-state index in [9.17, 15) is 4.79 Å². The van der Waals surface area contributed by atoms with Crippen LogP contribution in [0.3, 0.4) is 0 Å². The van der Waals surface area contributed by atoms with Gasteiger partial charge in [-0.2, -0.15) is 4.79 Å². The molecule has 2 heteroatoms. The Bertz CT molecular complexity index is 443. The lowest BCUT2D eigenvalue weighted by molar-refractivity contribution is 0.572. The monoisotopic (exact) mass is 213 g/mol. The van der Waals surface area contributed by atoms with Crippen molar-refractivity contribution in [1.82, 2.24) is 0 Å². The zero-order valence-corrected chi connectivity index (χ0v) is 9.02. The van der Waals surface area contributed by atoms with Crippen molar-refractivity contribution in [2.24, 2.45) is 0 Å². The van der Waals surface area contributed by atoms with Crippen LogP contribution in [-0.2, 0) is 4.79 Å². The van der Waals surface area contributed by atoms with Crippen molar-refractivity contribution in [3.8, 4) is 0 Å². The van der Waals surface area contributed by atoms with E-state index >= 15 is 0 Å². The summed E-state index contributed by atoms with van der Waals surface area (Å²) in [6, 6.07) is 19.6. The summed E-state index contributed by atoms with van der Waals surface area (Å²) in [4.78, 5) is 11.0. The molecule has 0 saturated carbocycles. The van der Waals surface area contributed by atoms with Crippen LogP contribution in [0.25, 0.3) is 0 Å². The second-order valence-corrected chi connectivity index (χ2v) is 4.98. The fourth-order valence-electron chi connectivity index (χ4n) is 1.41. The zero-order valence-electron chi connectivity index (χ0n) is 8.13. The highest BCUT2D eigenvalue weighted by atomic mass is 31.1. The van der Waals surface area contributed by atoms with Crippen molar-refractivity contribution in [3.05, 3.63) is 60.7 Å². The molecular weight excluding hydrogens is 203 g/mol. The van der Waals surface area contributed by atoms with Crippen molar-refractivity contribution in [2.75, 3.05) is 0 Å². The highest BCUT2D eigenvalue weighted by Crippen LogP contribution is 2.18. The van der Waals surface area contributed by atoms with Gasteiger partial charge < -0.3 is 0 Å². The average Bonchev–Trinajstić information content (AvgIpc) is 2.33. The minimum atomic E-state index is -0.954. The quantitative estimate of drug-likeness (QED) is 0.699.